The summed E-state index contributed by atoms with van der Waals surface area (Å²) >= 11 is 0. The molecule has 0 atom stereocenters. The summed E-state index contributed by atoms with van der Waals surface area (Å²) in [6.45, 7) is 15.4. The van der Waals surface area contributed by atoms with E-state index in [0.717, 1.165) is 0 Å². The van der Waals surface area contributed by atoms with Crippen LogP contribution in [0.4, 0.5) is 0 Å². The predicted octanol–water partition coefficient (Wildman–Crippen LogP) is 7.46. The van der Waals surface area contributed by atoms with E-state index in [1.54, 1.807) is 0 Å². The van der Waals surface area contributed by atoms with Gasteiger partial charge in [0.25, 0.3) is 0 Å². The lowest BCUT2D eigenvalue weighted by molar-refractivity contribution is -0.595. The number of rotatable bonds is 3. The third-order valence-electron chi connectivity index (χ3n) is 6.30. The summed E-state index contributed by atoms with van der Waals surface area (Å²) in [5.41, 5.74) is 15.6. The van der Waals surface area contributed by atoms with Crippen LogP contribution in [0, 0.1) is 48.5 Å². The van der Waals surface area contributed by atoms with Gasteiger partial charge in [0.05, 0.1) is 0 Å². The molecular weight excluding hydrogens is 374 g/mol. The van der Waals surface area contributed by atoms with Crippen LogP contribution in [-0.2, 0) is 0 Å². The van der Waals surface area contributed by atoms with Crippen molar-refractivity contribution in [1.29, 1.82) is 0 Å². The monoisotopic (exact) mass is 406 g/mol. The fraction of sp³-hybridized carbons (Fsp3) is 0.233. The quantitative estimate of drug-likeness (QED) is 0.311. The summed E-state index contributed by atoms with van der Waals surface area (Å²) in [4.78, 5) is 0. The average Bonchev–Trinajstić information content (AvgIpc) is 2.67. The van der Waals surface area contributed by atoms with Crippen LogP contribution in [0.3, 0.4) is 0 Å². The fourth-order valence-corrected chi connectivity index (χ4v) is 5.10. The van der Waals surface area contributed by atoms with E-state index in [4.69, 9.17) is 0 Å². The normalized spacial score (nSPS) is 11.1. The second kappa shape index (κ2) is 8.15. The van der Waals surface area contributed by atoms with Crippen LogP contribution >= 0.6 is 0 Å². The molecular formula is C30H32N+. The maximum absolute atomic E-state index is 2.36. The Kier molecular flexibility index (Phi) is 5.54. The fourth-order valence-electron chi connectivity index (χ4n) is 5.10. The molecule has 1 nitrogen and oxygen atoms in total. The Labute approximate surface area is 187 Å². The van der Waals surface area contributed by atoms with Crippen molar-refractivity contribution in [1.82, 2.24) is 0 Å². The molecule has 0 N–H and O–H groups in total. The Morgan fingerprint density at radius 1 is 0.484 bits per heavy atom. The molecule has 0 aliphatic carbocycles. The number of hydrogen-bond acceptors (Lipinski definition) is 0. The zero-order valence-electron chi connectivity index (χ0n) is 19.8. The van der Waals surface area contributed by atoms with Gasteiger partial charge in [-0.25, -0.2) is 0 Å². The molecule has 0 bridgehead atoms. The number of hydrogen-bond donors (Lipinski definition) is 0. The lowest BCUT2D eigenvalue weighted by Gasteiger charge is -2.15. The van der Waals surface area contributed by atoms with Crippen molar-refractivity contribution in [2.75, 3.05) is 0 Å². The van der Waals surface area contributed by atoms with Gasteiger partial charge in [-0.1, -0.05) is 42.0 Å². The lowest BCUT2D eigenvalue weighted by atomic mass is 9.92. The van der Waals surface area contributed by atoms with Gasteiger partial charge < -0.3 is 0 Å². The Hall–Kier alpha value is -3.19. The van der Waals surface area contributed by atoms with Gasteiger partial charge in [-0.3, -0.25) is 0 Å². The van der Waals surface area contributed by atoms with E-state index in [-0.39, 0.29) is 0 Å². The number of benzene rings is 3. The van der Waals surface area contributed by atoms with E-state index >= 15 is 0 Å². The predicted molar refractivity (Wildman–Crippen MR) is 132 cm³/mol. The van der Waals surface area contributed by atoms with Crippen molar-refractivity contribution >= 4 is 0 Å². The van der Waals surface area contributed by atoms with E-state index in [1.807, 2.05) is 0 Å². The average molecular weight is 407 g/mol. The van der Waals surface area contributed by atoms with Crippen molar-refractivity contribution in [2.24, 2.45) is 0 Å². The van der Waals surface area contributed by atoms with Gasteiger partial charge in [0.1, 0.15) is 0 Å². The third-order valence-corrected chi connectivity index (χ3v) is 6.30. The summed E-state index contributed by atoms with van der Waals surface area (Å²) in [7, 11) is 0. The second-order valence-electron chi connectivity index (χ2n) is 9.00. The minimum absolute atomic E-state index is 1.26. The van der Waals surface area contributed by atoms with Crippen LogP contribution in [0.2, 0.25) is 0 Å². The van der Waals surface area contributed by atoms with Crippen LogP contribution in [0.25, 0.3) is 27.9 Å². The Bertz CT molecular complexity index is 1160. The number of aromatic nitrogens is 1. The van der Waals surface area contributed by atoms with Gasteiger partial charge in [0, 0.05) is 22.3 Å². The SMILES string of the molecule is Cc1cc(C)c(-[n+]2cc(-c3c(C)cccc3C)cc(-c3c(C)cccc3C)c2)c(C)c1. The molecule has 4 rings (SSSR count). The van der Waals surface area contributed by atoms with Crippen LogP contribution in [-0.4, -0.2) is 0 Å². The van der Waals surface area contributed by atoms with Crippen molar-refractivity contribution in [2.45, 2.75) is 48.5 Å². The van der Waals surface area contributed by atoms with E-state index in [0.29, 0.717) is 0 Å². The number of pyridine rings is 1. The van der Waals surface area contributed by atoms with Crippen molar-refractivity contribution in [3.8, 4) is 27.9 Å². The molecule has 0 saturated heterocycles. The van der Waals surface area contributed by atoms with Gasteiger partial charge in [-0.15, -0.1) is 0 Å². The van der Waals surface area contributed by atoms with Crippen LogP contribution in [0.15, 0.2) is 67.0 Å². The molecule has 0 radical (unpaired) electrons. The summed E-state index contributed by atoms with van der Waals surface area (Å²) in [5.74, 6) is 0. The molecule has 0 unspecified atom stereocenters. The minimum atomic E-state index is 1.26. The molecule has 0 spiro atoms. The zero-order chi connectivity index (χ0) is 22.3. The van der Waals surface area contributed by atoms with Crippen molar-refractivity contribution in [3.63, 3.8) is 0 Å². The largest absolute Gasteiger partial charge is 0.216 e. The molecule has 156 valence electrons. The first-order valence-electron chi connectivity index (χ1n) is 11.0. The summed E-state index contributed by atoms with van der Waals surface area (Å²) in [6, 6.07) is 20.0. The van der Waals surface area contributed by atoms with Crippen LogP contribution < -0.4 is 4.57 Å². The third kappa shape index (κ3) is 3.93. The van der Waals surface area contributed by atoms with Crippen molar-refractivity contribution < 1.29 is 4.57 Å². The molecule has 1 heteroatoms. The first-order chi connectivity index (χ1) is 14.8. The van der Waals surface area contributed by atoms with E-state index < -0.39 is 0 Å². The highest BCUT2D eigenvalue weighted by Crippen LogP contribution is 2.33. The second-order valence-corrected chi connectivity index (χ2v) is 9.00. The number of aryl methyl sites for hydroxylation is 7. The van der Waals surface area contributed by atoms with Crippen LogP contribution in [0.1, 0.15) is 38.9 Å². The van der Waals surface area contributed by atoms with Crippen molar-refractivity contribution in [3.05, 3.63) is 106 Å². The van der Waals surface area contributed by atoms with Gasteiger partial charge in [0.15, 0.2) is 12.4 Å². The topological polar surface area (TPSA) is 3.88 Å². The highest BCUT2D eigenvalue weighted by Gasteiger charge is 2.20. The van der Waals surface area contributed by atoms with Gasteiger partial charge in [-0.2, -0.15) is 4.57 Å². The van der Waals surface area contributed by atoms with E-state index in [9.17, 15) is 0 Å². The molecule has 31 heavy (non-hydrogen) atoms. The summed E-state index contributed by atoms with van der Waals surface area (Å²) in [5, 5.41) is 0. The maximum Gasteiger partial charge on any atom is 0.216 e. The molecule has 0 saturated carbocycles. The smallest absolute Gasteiger partial charge is 0.165 e. The maximum atomic E-state index is 2.36. The Balaban J connectivity index is 2.08. The number of nitrogens with zero attached hydrogens (tertiary/aromatic N) is 1. The zero-order valence-corrected chi connectivity index (χ0v) is 19.8. The van der Waals surface area contributed by atoms with Crippen LogP contribution in [0.5, 0.6) is 0 Å². The van der Waals surface area contributed by atoms with E-state index in [1.165, 1.54) is 66.9 Å². The van der Waals surface area contributed by atoms with Gasteiger partial charge in [-0.05, 0) is 100 Å². The summed E-state index contributed by atoms with van der Waals surface area (Å²) in [6.07, 6.45) is 4.61. The first-order valence-corrected chi connectivity index (χ1v) is 11.0. The van der Waals surface area contributed by atoms with Gasteiger partial charge in [0.2, 0.25) is 5.69 Å². The highest BCUT2D eigenvalue weighted by atomic mass is 14.9. The Morgan fingerprint density at radius 3 is 1.26 bits per heavy atom. The van der Waals surface area contributed by atoms with E-state index in [2.05, 4.69) is 120 Å². The first kappa shape index (κ1) is 21.1. The molecule has 1 heterocycles. The molecule has 0 fully saturated rings. The standard InChI is InChI=1S/C30H32N/c1-19-14-24(6)30(25(7)15-19)31-17-26(28-20(2)10-8-11-21(28)3)16-27(18-31)29-22(4)12-9-13-23(29)5/h8-18H,1-7H3/q+1. The summed E-state index contributed by atoms with van der Waals surface area (Å²) < 4.78 is 2.34. The Morgan fingerprint density at radius 2 is 0.871 bits per heavy atom. The van der Waals surface area contributed by atoms with Gasteiger partial charge >= 0.3 is 0 Å². The molecule has 3 aromatic carbocycles. The molecule has 0 aliphatic rings. The minimum Gasteiger partial charge on any atom is -0.165 e. The lowest BCUT2D eigenvalue weighted by Crippen LogP contribution is -2.32. The molecule has 1 aromatic heterocycles. The highest BCUT2D eigenvalue weighted by molar-refractivity contribution is 5.77. The molecule has 4 aromatic rings. The molecule has 0 amide bonds. The molecule has 0 aliphatic heterocycles.